The van der Waals surface area contributed by atoms with Gasteiger partial charge in [-0.3, -0.25) is 29.1 Å². The Morgan fingerprint density at radius 1 is 0.396 bits per heavy atom. The molecule has 0 spiro atoms. The fourth-order valence-electron chi connectivity index (χ4n) is 12.8. The van der Waals surface area contributed by atoms with Crippen LogP contribution in [-0.2, 0) is 46.5 Å². The number of hydrogen-bond acceptors (Lipinski definition) is 15. The fraction of sp³-hybridized carbons (Fsp3) is 0.346. The Labute approximate surface area is 563 Å². The zero-order valence-corrected chi connectivity index (χ0v) is 57.8. The second-order valence-corrected chi connectivity index (χ2v) is 24.8. The summed E-state index contributed by atoms with van der Waals surface area (Å²) in [6.07, 6.45) is 0. The molecule has 18 heteroatoms. The molecule has 3 fully saturated rings. The van der Waals surface area contributed by atoms with Crippen LogP contribution in [0.1, 0.15) is 96.0 Å². The smallest absolute Gasteiger partial charge is 0.264 e. The number of phenolic OH excluding ortho intramolecular Hbond substituents is 1. The van der Waals surface area contributed by atoms with Gasteiger partial charge in [0.1, 0.15) is 65.8 Å². The third-order valence-electron chi connectivity index (χ3n) is 18.9. The van der Waals surface area contributed by atoms with Crippen molar-refractivity contribution >= 4 is 34.8 Å². The first-order valence-corrected chi connectivity index (χ1v) is 31.7. The van der Waals surface area contributed by atoms with Crippen LogP contribution in [0.5, 0.6) is 34.5 Å². The van der Waals surface area contributed by atoms with Crippen LogP contribution >= 0.6 is 0 Å². The molecule has 18 nitrogen and oxygen atoms in total. The highest BCUT2D eigenvalue weighted by Crippen LogP contribution is 2.53. The summed E-state index contributed by atoms with van der Waals surface area (Å²) in [5.41, 5.74) is 11.2. The third kappa shape index (κ3) is 13.4. The van der Waals surface area contributed by atoms with E-state index in [1.54, 1.807) is 64.6 Å². The number of aliphatic hydroxyl groups excluding tert-OH is 1. The van der Waals surface area contributed by atoms with Crippen molar-refractivity contribution in [3.63, 3.8) is 0 Å². The fourth-order valence-corrected chi connectivity index (χ4v) is 12.8. The van der Waals surface area contributed by atoms with E-state index in [2.05, 4.69) is 0 Å². The lowest BCUT2D eigenvalue weighted by Crippen LogP contribution is -2.71. The van der Waals surface area contributed by atoms with E-state index in [1.807, 2.05) is 202 Å². The number of methoxy groups -OCH3 is 7. The first kappa shape index (κ1) is 71.0. The molecular weight excluding hydrogens is 1220 g/mol. The summed E-state index contributed by atoms with van der Waals surface area (Å²) < 4.78 is 51.1. The molecule has 3 aliphatic heterocycles. The number of carbonyl (C=O) groups excluding carboxylic acids is 3. The number of aromatic hydroxyl groups is 1. The first-order chi connectivity index (χ1) is 46.0. The van der Waals surface area contributed by atoms with Gasteiger partial charge in [0.2, 0.25) is 0 Å². The van der Waals surface area contributed by atoms with E-state index in [0.29, 0.717) is 36.0 Å². The van der Waals surface area contributed by atoms with Crippen LogP contribution in [0.4, 0.5) is 17.1 Å². The Bertz CT molecular complexity index is 4130. The van der Waals surface area contributed by atoms with E-state index in [1.165, 1.54) is 12.0 Å². The molecule has 0 aliphatic carbocycles. The molecule has 3 N–H and O–H groups in total. The maximum absolute atomic E-state index is 13.6. The summed E-state index contributed by atoms with van der Waals surface area (Å²) in [6.45, 7) is 18.1. The normalized spacial score (nSPS) is 20.2. The number of anilines is 3. The van der Waals surface area contributed by atoms with Gasteiger partial charge in [-0.05, 0) is 177 Å². The molecule has 96 heavy (non-hydrogen) atoms. The SMILES string of the molecule is COC[C@@]1(OC)C(=O)N(c2cc(C)c(C)c(OC)c2)[C@H]1c1ccc(C)c(O)c1.COC[C@@]1(OC)C(=O)N(c2cc(C)c(C)c(OC)c2)[C@H]1c1ccc(C)c(OCc2ccccc2)c1.COc1cc(N2C(=O)[C@](O)(CO)[C@@H]2c2ccc(C)c(OCc3ccccc3)c2)cc(C)c1C. The number of β-lactam (4-membered cyclic amide) rings is 3. The van der Waals surface area contributed by atoms with Crippen LogP contribution < -0.4 is 38.4 Å². The van der Waals surface area contributed by atoms with Gasteiger partial charge in [-0.1, -0.05) is 97.1 Å². The van der Waals surface area contributed by atoms with Gasteiger partial charge in [-0.15, -0.1) is 0 Å². The van der Waals surface area contributed by atoms with Crippen LogP contribution in [-0.4, -0.2) is 119 Å². The Balaban J connectivity index is 0.000000170. The molecule has 3 saturated heterocycles. The summed E-state index contributed by atoms with van der Waals surface area (Å²) in [7, 11) is 11.0. The molecule has 8 aromatic carbocycles. The van der Waals surface area contributed by atoms with Crippen LogP contribution in [0.25, 0.3) is 0 Å². The van der Waals surface area contributed by atoms with Gasteiger partial charge in [0.25, 0.3) is 17.7 Å². The van der Waals surface area contributed by atoms with Gasteiger partial charge in [0, 0.05) is 63.7 Å². The topological polar surface area (TPSA) is 205 Å². The summed E-state index contributed by atoms with van der Waals surface area (Å²) in [5.74, 6) is 2.84. The van der Waals surface area contributed by atoms with Crippen molar-refractivity contribution in [3.05, 3.63) is 230 Å². The average Bonchev–Trinajstić information content (AvgIpc) is 0.700. The minimum Gasteiger partial charge on any atom is -0.508 e. The number of ether oxygens (including phenoxy) is 9. The molecule has 0 saturated carbocycles. The van der Waals surface area contributed by atoms with Gasteiger partial charge in [0.05, 0.1) is 41.2 Å². The van der Waals surface area contributed by atoms with Crippen LogP contribution in [0.15, 0.2) is 152 Å². The highest BCUT2D eigenvalue weighted by atomic mass is 16.6. The molecule has 3 heterocycles. The standard InChI is InChI=1S/C29H33NO5.C27H29NO5.C22H27NO5/c1-19-12-13-23(15-25(19)35-17-22-10-8-7-9-11-22)27-29(34-6,18-32-4)28(31)30(27)24-14-20(2)21(3)26(16-24)33-5;1-17-10-11-21(13-23(17)33-15-20-8-6-5-7-9-20)25-27(31,16-29)26(30)28(25)22-12-18(2)19(3)24(14-22)32-4;1-13-7-8-16(10-18(13)24)20-22(28-6,12-26-4)21(25)23(20)17-9-14(2)15(3)19(11-17)27-5/h7-16,27H,17-18H2,1-6H3;5-14,25,29,31H,15-16H2,1-4H3;7-11,20,24H,12H2,1-6H3/t27-,29-;25-,27-;20-,22-/m000/s1. The first-order valence-electron chi connectivity index (χ1n) is 31.7. The quantitative estimate of drug-likeness (QED) is 0.0540. The number of nitrogens with zero attached hydrogens (tertiary/aromatic N) is 3. The lowest BCUT2D eigenvalue weighted by Gasteiger charge is -2.54. The number of aliphatic hydroxyl groups is 2. The van der Waals surface area contributed by atoms with Crippen molar-refractivity contribution < 1.29 is 72.3 Å². The van der Waals surface area contributed by atoms with E-state index >= 15 is 0 Å². The van der Waals surface area contributed by atoms with E-state index in [-0.39, 0.29) is 30.8 Å². The monoisotopic (exact) mass is 1310 g/mol. The van der Waals surface area contributed by atoms with Crippen molar-refractivity contribution in [1.29, 1.82) is 0 Å². The van der Waals surface area contributed by atoms with E-state index < -0.39 is 47.4 Å². The van der Waals surface area contributed by atoms with Crippen molar-refractivity contribution in [2.75, 3.05) is 84.3 Å². The van der Waals surface area contributed by atoms with Gasteiger partial charge in [-0.2, -0.15) is 0 Å². The third-order valence-corrected chi connectivity index (χ3v) is 18.9. The van der Waals surface area contributed by atoms with Gasteiger partial charge in [0.15, 0.2) is 16.8 Å². The molecule has 0 bridgehead atoms. The molecule has 8 aromatic rings. The molecular formula is C78H89N3O15. The second-order valence-electron chi connectivity index (χ2n) is 24.8. The summed E-state index contributed by atoms with van der Waals surface area (Å²) in [5, 5.41) is 31.2. The number of phenols is 1. The van der Waals surface area contributed by atoms with E-state index in [0.717, 1.165) is 101 Å². The zero-order valence-electron chi connectivity index (χ0n) is 57.8. The Kier molecular flexibility index (Phi) is 22.0. The Hall–Kier alpha value is -9.27. The second kappa shape index (κ2) is 29.8. The predicted octanol–water partition coefficient (Wildman–Crippen LogP) is 12.8. The van der Waals surface area contributed by atoms with E-state index in [4.69, 9.17) is 42.6 Å². The number of amides is 3. The maximum atomic E-state index is 13.6. The lowest BCUT2D eigenvalue weighted by atomic mass is 9.77. The average molecular weight is 1310 g/mol. The van der Waals surface area contributed by atoms with Crippen molar-refractivity contribution in [3.8, 4) is 34.5 Å². The minimum absolute atomic E-state index is 0.111. The number of hydrogen-bond donors (Lipinski definition) is 3. The molecule has 0 aromatic heterocycles. The number of aryl methyl sites for hydroxylation is 6. The minimum atomic E-state index is -1.90. The molecule has 0 radical (unpaired) electrons. The molecule has 0 unspecified atom stereocenters. The molecule has 6 atom stereocenters. The van der Waals surface area contributed by atoms with Crippen LogP contribution in [0.3, 0.4) is 0 Å². The summed E-state index contributed by atoms with van der Waals surface area (Å²) in [4.78, 5) is 44.8. The number of benzene rings is 8. The van der Waals surface area contributed by atoms with Crippen LogP contribution in [0.2, 0.25) is 0 Å². The molecule has 3 amide bonds. The number of rotatable bonds is 22. The Morgan fingerprint density at radius 3 is 1.07 bits per heavy atom. The highest BCUT2D eigenvalue weighted by Gasteiger charge is 2.65. The molecule has 506 valence electrons. The predicted molar refractivity (Wildman–Crippen MR) is 370 cm³/mol. The lowest BCUT2D eigenvalue weighted by molar-refractivity contribution is -0.169. The van der Waals surface area contributed by atoms with E-state index in [9.17, 15) is 29.7 Å². The van der Waals surface area contributed by atoms with Crippen molar-refractivity contribution in [2.45, 2.75) is 110 Å². The molecule has 11 rings (SSSR count). The maximum Gasteiger partial charge on any atom is 0.264 e. The highest BCUT2D eigenvalue weighted by molar-refractivity contribution is 6.10. The summed E-state index contributed by atoms with van der Waals surface area (Å²) >= 11 is 0. The summed E-state index contributed by atoms with van der Waals surface area (Å²) in [6, 6.07) is 46.7. The van der Waals surface area contributed by atoms with Gasteiger partial charge in [-0.25, -0.2) is 0 Å². The zero-order chi connectivity index (χ0) is 69.6. The van der Waals surface area contributed by atoms with Crippen molar-refractivity contribution in [2.24, 2.45) is 0 Å². The van der Waals surface area contributed by atoms with Crippen molar-refractivity contribution in [1.82, 2.24) is 0 Å². The van der Waals surface area contributed by atoms with Gasteiger partial charge < -0.3 is 58.0 Å². The Morgan fingerprint density at radius 2 is 0.740 bits per heavy atom. The number of carbonyl (C=O) groups is 3. The molecule has 3 aliphatic rings. The van der Waals surface area contributed by atoms with Crippen LogP contribution in [0, 0.1) is 62.3 Å². The van der Waals surface area contributed by atoms with Gasteiger partial charge >= 0.3 is 0 Å². The largest absolute Gasteiger partial charge is 0.508 e.